The van der Waals surface area contributed by atoms with Crippen molar-refractivity contribution in [3.8, 4) is 0 Å². The second-order valence-electron chi connectivity index (χ2n) is 9.77. The molecule has 216 valence electrons. The van der Waals surface area contributed by atoms with Crippen LogP contribution in [0, 0.1) is 60.4 Å². The highest BCUT2D eigenvalue weighted by Gasteiger charge is 2.45. The predicted molar refractivity (Wildman–Crippen MR) is 148 cm³/mol. The smallest absolute Gasteiger partial charge is 0.136 e. The van der Waals surface area contributed by atoms with Crippen LogP contribution in [0.2, 0.25) is 0 Å². The van der Waals surface area contributed by atoms with Crippen LogP contribution in [0.25, 0.3) is 0 Å². The molecule has 0 aliphatic carbocycles. The summed E-state index contributed by atoms with van der Waals surface area (Å²) in [5.41, 5.74) is 2.45. The van der Waals surface area contributed by atoms with Gasteiger partial charge in [-0.3, -0.25) is 0 Å². The average Bonchev–Trinajstić information content (AvgIpc) is 2.91. The van der Waals surface area contributed by atoms with Crippen molar-refractivity contribution in [2.75, 3.05) is 0 Å². The van der Waals surface area contributed by atoms with E-state index in [1.54, 1.807) is 0 Å². The van der Waals surface area contributed by atoms with Crippen LogP contribution in [0.1, 0.15) is 11.1 Å². The van der Waals surface area contributed by atoms with Crippen LogP contribution in [0.15, 0.2) is 91.0 Å². The Bertz CT molecular complexity index is 1460. The number of halogens is 8. The molecule has 5 rings (SSSR count). The van der Waals surface area contributed by atoms with Gasteiger partial charge in [0.2, 0.25) is 0 Å². The molecule has 0 heterocycles. The summed E-state index contributed by atoms with van der Waals surface area (Å²) >= 11 is 0. The van der Waals surface area contributed by atoms with Crippen LogP contribution in [0.3, 0.4) is 0 Å². The summed E-state index contributed by atoms with van der Waals surface area (Å²) in [5, 5.41) is 0. The molecule has 0 aromatic heterocycles. The molecule has 0 fully saturated rings. The van der Waals surface area contributed by atoms with Crippen molar-refractivity contribution in [2.24, 2.45) is 0 Å². The van der Waals surface area contributed by atoms with Gasteiger partial charge in [-0.05, 0) is 74.0 Å². The predicted octanol–water partition coefficient (Wildman–Crippen LogP) is 5.35. The second kappa shape index (κ2) is 12.2. The first-order valence-electron chi connectivity index (χ1n) is 12.7. The molecule has 0 spiro atoms. The van der Waals surface area contributed by atoms with E-state index >= 15 is 35.1 Å². The van der Waals surface area contributed by atoms with E-state index in [1.807, 2.05) is 12.1 Å². The minimum absolute atomic E-state index is 0.658. The lowest BCUT2D eigenvalue weighted by molar-refractivity contribution is -0.255. The molecular formula is C32H24BF8N. The van der Waals surface area contributed by atoms with Crippen molar-refractivity contribution < 1.29 is 40.9 Å². The number of hydrogen-bond acceptors (Lipinski definition) is 0. The first kappa shape index (κ1) is 30.5. The largest absolute Gasteiger partial charge is 0.325 e. The summed E-state index contributed by atoms with van der Waals surface area (Å²) < 4.78 is 122. The molecule has 0 saturated heterocycles. The van der Waals surface area contributed by atoms with Gasteiger partial charge in [-0.15, -0.1) is 21.9 Å². The Hall–Kier alpha value is -4.44. The zero-order valence-corrected chi connectivity index (χ0v) is 22.5. The number of benzene rings is 5. The first-order chi connectivity index (χ1) is 19.9. The Labute approximate surface area is 237 Å². The van der Waals surface area contributed by atoms with Gasteiger partial charge in [0.15, 0.2) is 0 Å². The number of quaternary nitrogens is 1. The molecule has 0 unspecified atom stereocenters. The summed E-state index contributed by atoms with van der Waals surface area (Å²) in [5.74, 6) is -12.1. The minimum Gasteiger partial charge on any atom is -0.325 e. The fraction of sp³-hybridized carbons (Fsp3) is 0.0625. The minimum atomic E-state index is -4.42. The third-order valence-corrected chi connectivity index (χ3v) is 7.45. The van der Waals surface area contributed by atoms with Gasteiger partial charge in [0.05, 0.1) is 46.5 Å². The van der Waals surface area contributed by atoms with E-state index in [4.69, 9.17) is 0 Å². The van der Waals surface area contributed by atoms with Crippen LogP contribution in [-0.2, 0) is 0 Å². The van der Waals surface area contributed by atoms with E-state index in [-0.39, 0.29) is 0 Å². The highest BCUT2D eigenvalue weighted by atomic mass is 19.2. The lowest BCUT2D eigenvalue weighted by Crippen LogP contribution is -2.80. The van der Waals surface area contributed by atoms with Crippen molar-refractivity contribution in [2.45, 2.75) is 13.8 Å². The van der Waals surface area contributed by atoms with Crippen molar-refractivity contribution >= 4 is 33.7 Å². The summed E-state index contributed by atoms with van der Waals surface area (Å²) in [7, 11) is 0. The molecule has 5 aromatic carbocycles. The Morgan fingerprint density at radius 2 is 0.643 bits per heavy atom. The van der Waals surface area contributed by atoms with Crippen LogP contribution in [0.5, 0.6) is 0 Å². The Morgan fingerprint density at radius 1 is 0.405 bits per heavy atom. The Kier molecular flexibility index (Phi) is 8.87. The van der Waals surface area contributed by atoms with Gasteiger partial charge in [0.25, 0.3) is 0 Å². The molecule has 0 radical (unpaired) electrons. The molecule has 10 heteroatoms. The standard InChI is InChI=1S/C24H12BF8.C8H11N/c26-13-5-1-6-14(27)21(13)25(22-15(28)7-2-8-16(22)29,23-17(30)9-3-10-18(23)31)24-19(32)11-4-12-20(24)33;1-6-4-3-5-8(9)7(6)2/h1-12H;3-5H,9H2,1-2H3/q-1;/p+1. The van der Waals surface area contributed by atoms with E-state index < -0.39 is 74.5 Å². The van der Waals surface area contributed by atoms with Gasteiger partial charge >= 0.3 is 0 Å². The summed E-state index contributed by atoms with van der Waals surface area (Å²) in [4.78, 5) is 0. The topological polar surface area (TPSA) is 27.6 Å². The van der Waals surface area contributed by atoms with Crippen LogP contribution < -0.4 is 27.6 Å². The maximum Gasteiger partial charge on any atom is 0.136 e. The number of aryl methyl sites for hydroxylation is 1. The third kappa shape index (κ3) is 5.30. The van der Waals surface area contributed by atoms with Crippen molar-refractivity contribution in [1.29, 1.82) is 0 Å². The molecule has 42 heavy (non-hydrogen) atoms. The highest BCUT2D eigenvalue weighted by Crippen LogP contribution is 2.21. The molecular weight excluding hydrogens is 561 g/mol. The molecule has 5 aromatic rings. The fourth-order valence-electron chi connectivity index (χ4n) is 5.38. The second-order valence-corrected chi connectivity index (χ2v) is 9.77. The third-order valence-electron chi connectivity index (χ3n) is 7.45. The molecule has 1 nitrogen and oxygen atoms in total. The van der Waals surface area contributed by atoms with Gasteiger partial charge in [-0.25, -0.2) is 35.1 Å². The van der Waals surface area contributed by atoms with E-state index in [0.717, 1.165) is 30.0 Å². The number of hydrogen-bond donors (Lipinski definition) is 1. The van der Waals surface area contributed by atoms with Crippen molar-refractivity contribution in [3.05, 3.63) is 149 Å². The summed E-state index contributed by atoms with van der Waals surface area (Å²) in [6.07, 6.45) is -4.42. The Morgan fingerprint density at radius 3 is 0.857 bits per heavy atom. The molecule has 0 atom stereocenters. The quantitative estimate of drug-likeness (QED) is 0.218. The lowest BCUT2D eigenvalue weighted by Gasteiger charge is -2.44. The van der Waals surface area contributed by atoms with Gasteiger partial charge < -0.3 is 5.73 Å². The first-order valence-corrected chi connectivity index (χ1v) is 12.7. The average molecular weight is 585 g/mol. The molecule has 0 saturated carbocycles. The molecule has 0 bridgehead atoms. The van der Waals surface area contributed by atoms with Crippen LogP contribution >= 0.6 is 0 Å². The molecule has 3 N–H and O–H groups in total. The molecule has 0 amide bonds. The fourth-order valence-corrected chi connectivity index (χ4v) is 5.38. The van der Waals surface area contributed by atoms with Crippen LogP contribution in [-0.4, -0.2) is 6.15 Å². The zero-order chi connectivity index (χ0) is 30.8. The number of rotatable bonds is 4. The van der Waals surface area contributed by atoms with Gasteiger partial charge in [-0.1, -0.05) is 36.4 Å². The molecule has 0 aliphatic rings. The summed E-state index contributed by atoms with van der Waals surface area (Å²) in [6.45, 7) is 4.20. The normalized spacial score (nSPS) is 11.2. The van der Waals surface area contributed by atoms with Gasteiger partial charge in [0.1, 0.15) is 11.8 Å². The maximum atomic E-state index is 15.2. The Balaban J connectivity index is 0.000000385. The van der Waals surface area contributed by atoms with E-state index in [0.29, 0.717) is 48.5 Å². The monoisotopic (exact) mass is 585 g/mol. The maximum absolute atomic E-state index is 15.2. The highest BCUT2D eigenvalue weighted by molar-refractivity contribution is 7.20. The van der Waals surface area contributed by atoms with Gasteiger partial charge in [0, 0.05) is 5.56 Å². The van der Waals surface area contributed by atoms with Crippen LogP contribution in [0.4, 0.5) is 40.8 Å². The van der Waals surface area contributed by atoms with E-state index in [1.165, 1.54) is 11.1 Å². The zero-order valence-electron chi connectivity index (χ0n) is 22.5. The van der Waals surface area contributed by atoms with Crippen molar-refractivity contribution in [3.63, 3.8) is 0 Å². The van der Waals surface area contributed by atoms with E-state index in [2.05, 4.69) is 25.6 Å². The van der Waals surface area contributed by atoms with Crippen molar-refractivity contribution in [1.82, 2.24) is 0 Å². The van der Waals surface area contributed by atoms with E-state index in [9.17, 15) is 0 Å². The van der Waals surface area contributed by atoms with Gasteiger partial charge in [-0.2, -0.15) is 0 Å². The molecule has 0 aliphatic heterocycles. The summed E-state index contributed by atoms with van der Waals surface area (Å²) in [6, 6.07) is 15.0. The SMILES string of the molecule is Cc1cccc([NH3+])c1C.Fc1cccc(F)c1[B-](c1c(F)cccc1F)(c1c(F)cccc1F)c1c(F)cccc1F. The lowest BCUT2D eigenvalue weighted by atomic mass is 9.12.